The minimum Gasteiger partial charge on any atom is -0.381 e. The monoisotopic (exact) mass is 541 g/mol. The maximum atomic E-state index is 12.9. The summed E-state index contributed by atoms with van der Waals surface area (Å²) in [4.78, 5) is 48.0. The van der Waals surface area contributed by atoms with Crippen LogP contribution in [0.15, 0.2) is 41.3 Å². The van der Waals surface area contributed by atoms with Gasteiger partial charge in [0.1, 0.15) is 6.04 Å². The van der Waals surface area contributed by atoms with E-state index in [2.05, 4.69) is 46.1 Å². The Morgan fingerprint density at radius 1 is 1.18 bits per heavy atom. The topological polar surface area (TPSA) is 143 Å². The first-order valence-corrected chi connectivity index (χ1v) is 13.7. The summed E-state index contributed by atoms with van der Waals surface area (Å²) in [6.45, 7) is 3.27. The normalized spacial score (nSPS) is 16.4. The molecule has 38 heavy (non-hydrogen) atoms. The number of nitrogens with zero attached hydrogens (tertiary/aromatic N) is 1. The fourth-order valence-corrected chi connectivity index (χ4v) is 5.14. The number of carbonyl (C=O) groups excluding carboxylic acids is 4. The van der Waals surface area contributed by atoms with Crippen molar-refractivity contribution in [3.8, 4) is 0 Å². The van der Waals surface area contributed by atoms with Crippen molar-refractivity contribution in [2.45, 2.75) is 43.3 Å². The molecule has 2 heterocycles. The van der Waals surface area contributed by atoms with E-state index in [0.29, 0.717) is 38.3 Å². The number of benzene rings is 2. The average Bonchev–Trinajstić information content (AvgIpc) is 3.23. The summed E-state index contributed by atoms with van der Waals surface area (Å²) in [5.74, 6) is -0.815. The van der Waals surface area contributed by atoms with Crippen LogP contribution in [0.4, 0.5) is 5.69 Å². The largest absolute Gasteiger partial charge is 0.381 e. The van der Waals surface area contributed by atoms with E-state index in [1.165, 1.54) is 10.5 Å². The van der Waals surface area contributed by atoms with Crippen molar-refractivity contribution in [1.82, 2.24) is 15.5 Å². The number of carbonyl (C=O) groups is 4. The number of thioether (sulfide) groups is 1. The van der Waals surface area contributed by atoms with E-state index in [-0.39, 0.29) is 30.6 Å². The molecule has 204 valence electrons. The first-order valence-electron chi connectivity index (χ1n) is 12.5. The van der Waals surface area contributed by atoms with Gasteiger partial charge in [0.25, 0.3) is 5.91 Å². The number of ether oxygens (including phenoxy) is 1. The number of likely N-dealkylation sites (N-methyl/N-ethyl adjacent to an activating group) is 1. The lowest BCUT2D eigenvalue weighted by Crippen LogP contribution is -2.52. The van der Waals surface area contributed by atoms with E-state index in [9.17, 15) is 14.4 Å². The van der Waals surface area contributed by atoms with Gasteiger partial charge in [-0.1, -0.05) is 18.2 Å². The molecule has 2 aliphatic rings. The number of nitrogens with two attached hydrogens (primary N) is 1. The molecule has 0 aromatic heterocycles. The van der Waals surface area contributed by atoms with Crippen molar-refractivity contribution in [3.05, 3.63) is 58.7 Å². The molecule has 5 N–H and O–H groups in total. The second-order valence-corrected chi connectivity index (χ2v) is 9.72. The molecule has 2 aliphatic heterocycles. The van der Waals surface area contributed by atoms with Crippen molar-refractivity contribution in [2.24, 2.45) is 5.73 Å². The number of primary amides is 1. The number of nitrogens with one attached hydrogen (secondary N) is 3. The van der Waals surface area contributed by atoms with Gasteiger partial charge in [0.2, 0.25) is 18.2 Å². The molecule has 4 amide bonds. The summed E-state index contributed by atoms with van der Waals surface area (Å²) in [6.07, 6.45) is 3.83. The van der Waals surface area contributed by atoms with Crippen LogP contribution in [0.25, 0.3) is 0 Å². The highest BCUT2D eigenvalue weighted by Gasteiger charge is 2.39. The third-order valence-corrected chi connectivity index (χ3v) is 7.20. The fourth-order valence-electron chi connectivity index (χ4n) is 4.46. The Kier molecular flexibility index (Phi) is 11.1. The van der Waals surface area contributed by atoms with Gasteiger partial charge in [0.05, 0.1) is 13.2 Å². The summed E-state index contributed by atoms with van der Waals surface area (Å²) in [6, 6.07) is 11.6. The van der Waals surface area contributed by atoms with Gasteiger partial charge in [-0.2, -0.15) is 0 Å². The molecule has 1 atom stereocenters. The molecule has 2 aromatic carbocycles. The van der Waals surface area contributed by atoms with Crippen molar-refractivity contribution in [2.75, 3.05) is 38.4 Å². The van der Waals surface area contributed by atoms with Gasteiger partial charge in [-0.15, -0.1) is 11.8 Å². The summed E-state index contributed by atoms with van der Waals surface area (Å²) in [5.41, 5.74) is 9.09. The smallest absolute Gasteiger partial charge is 0.255 e. The second kappa shape index (κ2) is 14.5. The molecule has 4 rings (SSSR count). The molecule has 0 spiro atoms. The first kappa shape index (κ1) is 29.2. The number of hydrogen-bond donors (Lipinski definition) is 4. The minimum atomic E-state index is -0.591. The molecular weight excluding hydrogens is 506 g/mol. The highest BCUT2D eigenvalue weighted by atomic mass is 32.2. The maximum absolute atomic E-state index is 12.9. The number of amides is 4. The van der Waals surface area contributed by atoms with E-state index in [1.807, 2.05) is 25.2 Å². The molecule has 0 radical (unpaired) electrons. The number of imide groups is 1. The van der Waals surface area contributed by atoms with Crippen LogP contribution in [0.1, 0.15) is 39.9 Å². The van der Waals surface area contributed by atoms with Crippen molar-refractivity contribution >= 4 is 41.6 Å². The van der Waals surface area contributed by atoms with Gasteiger partial charge >= 0.3 is 0 Å². The standard InChI is InChI=1S/C26H32N4O4S.CH3NO/c1-27-10-12-34-11-9-18-4-5-20(14-23(18)35-2)28-15-17-3-6-21-19(13-17)16-30(26(21)33)22-7-8-24(31)29-25(22)32;2-1-3/h3-6,13-14,22,27-28H,7-12,15-16H2,1-2H3,(H,29,31,32);1H,(H2,2,3). The Bertz CT molecular complexity index is 1160. The maximum Gasteiger partial charge on any atom is 0.255 e. The Hall–Kier alpha value is -3.41. The molecular formula is C27H35N5O5S. The lowest BCUT2D eigenvalue weighted by atomic mass is 10.0. The Labute approximate surface area is 227 Å². The SMILES string of the molecule is CNCCOCCc1ccc(NCc2ccc3c(c2)CN(C2CCC(=O)NC2=O)C3=O)cc1SC.NC=O. The molecule has 1 saturated heterocycles. The van der Waals surface area contributed by atoms with Crippen molar-refractivity contribution in [1.29, 1.82) is 0 Å². The van der Waals surface area contributed by atoms with Gasteiger partial charge in [0.15, 0.2) is 0 Å². The lowest BCUT2D eigenvalue weighted by molar-refractivity contribution is -0.136. The highest BCUT2D eigenvalue weighted by Crippen LogP contribution is 2.29. The van der Waals surface area contributed by atoms with Gasteiger partial charge in [-0.3, -0.25) is 24.5 Å². The van der Waals surface area contributed by atoms with Gasteiger partial charge in [-0.25, -0.2) is 0 Å². The van der Waals surface area contributed by atoms with E-state index in [0.717, 1.165) is 29.8 Å². The highest BCUT2D eigenvalue weighted by molar-refractivity contribution is 7.98. The van der Waals surface area contributed by atoms with Crippen LogP contribution >= 0.6 is 11.8 Å². The lowest BCUT2D eigenvalue weighted by Gasteiger charge is -2.29. The van der Waals surface area contributed by atoms with E-state index in [4.69, 9.17) is 9.53 Å². The van der Waals surface area contributed by atoms with Gasteiger partial charge in [-0.05, 0) is 61.0 Å². The van der Waals surface area contributed by atoms with Gasteiger partial charge < -0.3 is 26.0 Å². The third-order valence-electron chi connectivity index (χ3n) is 6.38. The predicted octanol–water partition coefficient (Wildman–Crippen LogP) is 1.66. The van der Waals surface area contributed by atoms with E-state index in [1.54, 1.807) is 16.7 Å². The molecule has 0 bridgehead atoms. The second-order valence-electron chi connectivity index (χ2n) is 8.87. The molecule has 1 unspecified atom stereocenters. The molecule has 10 nitrogen and oxygen atoms in total. The molecule has 0 saturated carbocycles. The van der Waals surface area contributed by atoms with Gasteiger partial charge in [0, 0.05) is 42.2 Å². The summed E-state index contributed by atoms with van der Waals surface area (Å²) >= 11 is 1.73. The van der Waals surface area contributed by atoms with Crippen LogP contribution in [0.5, 0.6) is 0 Å². The van der Waals surface area contributed by atoms with Crippen LogP contribution in [-0.2, 0) is 38.6 Å². The summed E-state index contributed by atoms with van der Waals surface area (Å²) in [7, 11) is 1.92. The van der Waals surface area contributed by atoms with Crippen LogP contribution < -0.4 is 21.7 Å². The van der Waals surface area contributed by atoms with Crippen molar-refractivity contribution in [3.63, 3.8) is 0 Å². The average molecular weight is 542 g/mol. The number of hydrogen-bond acceptors (Lipinski definition) is 8. The zero-order valence-electron chi connectivity index (χ0n) is 21.7. The number of anilines is 1. The Balaban J connectivity index is 0.00000127. The molecule has 0 aliphatic carbocycles. The predicted molar refractivity (Wildman–Crippen MR) is 147 cm³/mol. The zero-order valence-corrected chi connectivity index (χ0v) is 22.6. The van der Waals surface area contributed by atoms with Crippen LogP contribution in [-0.4, -0.2) is 68.1 Å². The number of rotatable bonds is 11. The zero-order chi connectivity index (χ0) is 27.5. The van der Waals surface area contributed by atoms with Crippen LogP contribution in [0.3, 0.4) is 0 Å². The Morgan fingerprint density at radius 2 is 1.97 bits per heavy atom. The summed E-state index contributed by atoms with van der Waals surface area (Å²) < 4.78 is 5.66. The third kappa shape index (κ3) is 7.56. The molecule has 2 aromatic rings. The van der Waals surface area contributed by atoms with Crippen LogP contribution in [0.2, 0.25) is 0 Å². The summed E-state index contributed by atoms with van der Waals surface area (Å²) in [5, 5.41) is 8.90. The molecule has 1 fully saturated rings. The number of fused-ring (bicyclic) bond motifs is 1. The molecule has 11 heteroatoms. The fraction of sp³-hybridized carbons (Fsp3) is 0.407. The van der Waals surface area contributed by atoms with Crippen LogP contribution in [0, 0.1) is 0 Å². The Morgan fingerprint density at radius 3 is 2.68 bits per heavy atom. The minimum absolute atomic E-state index is 0.149. The number of piperidine rings is 1. The van der Waals surface area contributed by atoms with E-state index < -0.39 is 6.04 Å². The van der Waals surface area contributed by atoms with E-state index >= 15 is 0 Å². The first-order chi connectivity index (χ1) is 18.4. The van der Waals surface area contributed by atoms with Crippen molar-refractivity contribution < 1.29 is 23.9 Å². The quantitative estimate of drug-likeness (QED) is 0.146.